The summed E-state index contributed by atoms with van der Waals surface area (Å²) in [6, 6.07) is 15.4. The van der Waals surface area contributed by atoms with Gasteiger partial charge in [-0.1, -0.05) is 48.2 Å². The SMILES string of the molecule is COc1ccc(N2C=C3c4ccccc4C=C[C@H]3SC(=O)[C@@H]2O)cc1. The van der Waals surface area contributed by atoms with Crippen molar-refractivity contribution in [2.75, 3.05) is 12.0 Å². The number of hydrogen-bond acceptors (Lipinski definition) is 5. The van der Waals surface area contributed by atoms with E-state index in [9.17, 15) is 9.90 Å². The van der Waals surface area contributed by atoms with Gasteiger partial charge in [0, 0.05) is 11.9 Å². The molecule has 2 aromatic carbocycles. The molecule has 0 spiro atoms. The molecule has 0 saturated heterocycles. The number of thioether (sulfide) groups is 1. The summed E-state index contributed by atoms with van der Waals surface area (Å²) >= 11 is 1.16. The van der Waals surface area contributed by atoms with Crippen LogP contribution in [0.4, 0.5) is 5.69 Å². The highest BCUT2D eigenvalue weighted by molar-refractivity contribution is 8.14. The summed E-state index contributed by atoms with van der Waals surface area (Å²) in [5, 5.41) is 10.2. The van der Waals surface area contributed by atoms with Crippen molar-refractivity contribution in [3.63, 3.8) is 0 Å². The number of benzene rings is 2. The van der Waals surface area contributed by atoms with Crippen molar-refractivity contribution in [1.82, 2.24) is 0 Å². The zero-order chi connectivity index (χ0) is 17.4. The van der Waals surface area contributed by atoms with Crippen molar-refractivity contribution < 1.29 is 14.6 Å². The number of fused-ring (bicyclic) bond motifs is 3. The van der Waals surface area contributed by atoms with Crippen LogP contribution in [0.3, 0.4) is 0 Å². The maximum Gasteiger partial charge on any atom is 0.239 e. The van der Waals surface area contributed by atoms with Crippen LogP contribution in [-0.4, -0.2) is 28.8 Å². The number of methoxy groups -OCH3 is 1. The second-order valence-corrected chi connectivity index (χ2v) is 7.01. The number of anilines is 1. The van der Waals surface area contributed by atoms with Gasteiger partial charge in [0.25, 0.3) is 0 Å². The van der Waals surface area contributed by atoms with Crippen LogP contribution in [-0.2, 0) is 4.79 Å². The van der Waals surface area contributed by atoms with E-state index in [-0.39, 0.29) is 10.4 Å². The highest BCUT2D eigenvalue weighted by Gasteiger charge is 2.33. The fraction of sp³-hybridized carbons (Fsp3) is 0.150. The van der Waals surface area contributed by atoms with E-state index in [0.717, 1.165) is 39.9 Å². The summed E-state index contributed by atoms with van der Waals surface area (Å²) in [5.41, 5.74) is 3.96. The number of aliphatic hydroxyl groups excluding tert-OH is 1. The average Bonchev–Trinajstić information content (AvgIpc) is 2.79. The van der Waals surface area contributed by atoms with Crippen LogP contribution in [0.2, 0.25) is 0 Å². The number of rotatable bonds is 2. The van der Waals surface area contributed by atoms with Gasteiger partial charge in [0.1, 0.15) is 5.75 Å². The molecule has 25 heavy (non-hydrogen) atoms. The monoisotopic (exact) mass is 351 g/mol. The number of nitrogens with zero attached hydrogens (tertiary/aromatic N) is 1. The molecule has 1 aliphatic heterocycles. The lowest BCUT2D eigenvalue weighted by Gasteiger charge is -2.25. The van der Waals surface area contributed by atoms with Gasteiger partial charge in [-0.2, -0.15) is 0 Å². The van der Waals surface area contributed by atoms with Crippen LogP contribution in [0.1, 0.15) is 11.1 Å². The Morgan fingerprint density at radius 2 is 1.88 bits per heavy atom. The molecule has 2 aromatic rings. The highest BCUT2D eigenvalue weighted by Crippen LogP contribution is 2.40. The number of carbonyl (C=O) groups excluding carboxylic acids is 1. The molecule has 126 valence electrons. The second-order valence-electron chi connectivity index (χ2n) is 5.87. The third kappa shape index (κ3) is 2.86. The average molecular weight is 351 g/mol. The molecular weight excluding hydrogens is 334 g/mol. The van der Waals surface area contributed by atoms with Gasteiger partial charge in [0.05, 0.1) is 12.4 Å². The minimum absolute atomic E-state index is 0.0969. The fourth-order valence-corrected chi connectivity index (χ4v) is 4.05. The summed E-state index contributed by atoms with van der Waals surface area (Å²) in [6.07, 6.45) is 4.71. The maximum atomic E-state index is 12.5. The van der Waals surface area contributed by atoms with E-state index in [4.69, 9.17) is 4.74 Å². The lowest BCUT2D eigenvalue weighted by atomic mass is 9.92. The Kier molecular flexibility index (Phi) is 4.11. The molecule has 0 amide bonds. The van der Waals surface area contributed by atoms with Crippen LogP contribution in [0.25, 0.3) is 11.6 Å². The minimum atomic E-state index is -1.22. The van der Waals surface area contributed by atoms with Gasteiger partial charge in [-0.3, -0.25) is 4.79 Å². The lowest BCUT2D eigenvalue weighted by Crippen LogP contribution is -2.35. The maximum absolute atomic E-state index is 12.5. The first-order chi connectivity index (χ1) is 12.2. The third-order valence-electron chi connectivity index (χ3n) is 4.40. The van der Waals surface area contributed by atoms with Gasteiger partial charge >= 0.3 is 0 Å². The normalized spacial score (nSPS) is 21.9. The first-order valence-electron chi connectivity index (χ1n) is 7.97. The summed E-state index contributed by atoms with van der Waals surface area (Å²) in [5.74, 6) is 0.727. The number of ether oxygens (including phenoxy) is 1. The topological polar surface area (TPSA) is 49.8 Å². The molecule has 0 unspecified atom stereocenters. The van der Waals surface area contributed by atoms with Crippen LogP contribution in [0, 0.1) is 0 Å². The van der Waals surface area contributed by atoms with Gasteiger partial charge in [-0.15, -0.1) is 0 Å². The van der Waals surface area contributed by atoms with Crippen molar-refractivity contribution in [3.05, 3.63) is 71.9 Å². The van der Waals surface area contributed by atoms with Crippen molar-refractivity contribution in [3.8, 4) is 5.75 Å². The molecule has 2 atom stereocenters. The van der Waals surface area contributed by atoms with E-state index in [1.54, 1.807) is 12.0 Å². The first kappa shape index (κ1) is 16.0. The van der Waals surface area contributed by atoms with Crippen molar-refractivity contribution >= 4 is 34.2 Å². The van der Waals surface area contributed by atoms with Crippen molar-refractivity contribution in [2.24, 2.45) is 0 Å². The number of aliphatic hydroxyl groups is 1. The molecule has 1 N–H and O–H groups in total. The van der Waals surface area contributed by atoms with E-state index >= 15 is 0 Å². The zero-order valence-electron chi connectivity index (χ0n) is 13.6. The quantitative estimate of drug-likeness (QED) is 0.897. The van der Waals surface area contributed by atoms with Gasteiger partial charge in [-0.25, -0.2) is 0 Å². The minimum Gasteiger partial charge on any atom is -0.497 e. The molecule has 1 heterocycles. The van der Waals surface area contributed by atoms with Gasteiger partial charge < -0.3 is 14.7 Å². The second kappa shape index (κ2) is 6.43. The van der Waals surface area contributed by atoms with E-state index in [0.29, 0.717) is 0 Å². The fourth-order valence-electron chi connectivity index (χ4n) is 3.09. The molecular formula is C20H17NO3S. The Hall–Kier alpha value is -2.50. The van der Waals surface area contributed by atoms with Crippen LogP contribution < -0.4 is 9.64 Å². The molecule has 0 aromatic heterocycles. The summed E-state index contributed by atoms with van der Waals surface area (Å²) in [7, 11) is 1.60. The standard InChI is InChI=1S/C20H17NO3S/c1-24-15-9-7-14(8-10-15)21-12-17-16-5-3-2-4-13(16)6-11-18(17)25-20(23)19(21)22/h2-12,18-19,22H,1H3/t18-,19+/m1/s1. The van der Waals surface area contributed by atoms with E-state index in [1.807, 2.05) is 60.8 Å². The van der Waals surface area contributed by atoms with Gasteiger partial charge in [0.15, 0.2) is 0 Å². The first-order valence-corrected chi connectivity index (χ1v) is 8.85. The van der Waals surface area contributed by atoms with Crippen LogP contribution in [0.15, 0.2) is 60.8 Å². The summed E-state index contributed by atoms with van der Waals surface area (Å²) < 4.78 is 5.18. The Morgan fingerprint density at radius 3 is 2.64 bits per heavy atom. The van der Waals surface area contributed by atoms with Crippen molar-refractivity contribution in [1.29, 1.82) is 0 Å². The predicted octanol–water partition coefficient (Wildman–Crippen LogP) is 3.53. The van der Waals surface area contributed by atoms with E-state index in [2.05, 4.69) is 6.07 Å². The van der Waals surface area contributed by atoms with E-state index < -0.39 is 6.23 Å². The Bertz CT molecular complexity index is 873. The highest BCUT2D eigenvalue weighted by atomic mass is 32.2. The molecule has 4 rings (SSSR count). The Morgan fingerprint density at radius 1 is 1.12 bits per heavy atom. The third-order valence-corrected chi connectivity index (χ3v) is 5.50. The Labute approximate surface area is 150 Å². The van der Waals surface area contributed by atoms with Crippen LogP contribution >= 0.6 is 11.8 Å². The van der Waals surface area contributed by atoms with Crippen LogP contribution in [0.5, 0.6) is 5.75 Å². The van der Waals surface area contributed by atoms with Gasteiger partial charge in [-0.05, 0) is 41.0 Å². The smallest absolute Gasteiger partial charge is 0.239 e. The predicted molar refractivity (Wildman–Crippen MR) is 101 cm³/mol. The van der Waals surface area contributed by atoms with Gasteiger partial charge in [0.2, 0.25) is 11.3 Å². The lowest BCUT2D eigenvalue weighted by molar-refractivity contribution is -0.117. The summed E-state index contributed by atoms with van der Waals surface area (Å²) in [4.78, 5) is 14.1. The van der Waals surface area contributed by atoms with E-state index in [1.165, 1.54) is 0 Å². The molecule has 1 aliphatic carbocycles. The zero-order valence-corrected chi connectivity index (χ0v) is 14.4. The molecule has 2 aliphatic rings. The number of carbonyl (C=O) groups is 1. The molecule has 4 nitrogen and oxygen atoms in total. The van der Waals surface area contributed by atoms with Crippen molar-refractivity contribution in [2.45, 2.75) is 11.5 Å². The largest absolute Gasteiger partial charge is 0.497 e. The molecule has 0 fully saturated rings. The molecule has 0 radical (unpaired) electrons. The summed E-state index contributed by atoms with van der Waals surface area (Å²) in [6.45, 7) is 0. The Balaban J connectivity index is 1.82. The molecule has 0 saturated carbocycles. The molecule has 0 bridgehead atoms. The number of hydrogen-bond donors (Lipinski definition) is 1. The molecule has 5 heteroatoms.